The van der Waals surface area contributed by atoms with Gasteiger partial charge in [-0.2, -0.15) is 5.01 Å². The van der Waals surface area contributed by atoms with E-state index in [0.717, 1.165) is 21.7 Å². The number of nitrogens with zero attached hydrogens (tertiary/aromatic N) is 3. The van der Waals surface area contributed by atoms with Crippen molar-refractivity contribution in [2.75, 3.05) is 24.5 Å². The lowest BCUT2D eigenvalue weighted by Crippen LogP contribution is -2.53. The molecule has 1 saturated carbocycles. The summed E-state index contributed by atoms with van der Waals surface area (Å²) in [5.41, 5.74) is 7.59. The lowest BCUT2D eigenvalue weighted by Gasteiger charge is -2.50. The van der Waals surface area contributed by atoms with Crippen LogP contribution in [0.25, 0.3) is 22.6 Å². The number of amides is 4. The smallest absolute Gasteiger partial charge is 0.260 e. The van der Waals surface area contributed by atoms with Crippen LogP contribution >= 0.6 is 0 Å². The quantitative estimate of drug-likeness (QED) is 0.116. The molecule has 12 nitrogen and oxygen atoms in total. The normalized spacial score (nSPS) is 24.6. The average Bonchev–Trinajstić information content (AvgIpc) is 3.89. The minimum absolute atomic E-state index is 0.117. The number of aromatic nitrogens is 1. The molecule has 60 heavy (non-hydrogen) atoms. The summed E-state index contributed by atoms with van der Waals surface area (Å²) in [6.07, 6.45) is 2.36. The molecule has 6 aromatic rings. The second kappa shape index (κ2) is 14.0. The van der Waals surface area contributed by atoms with Crippen LogP contribution in [0.4, 0.5) is 11.4 Å². The Kier molecular flexibility index (Phi) is 8.64. The number of ether oxygens (including phenoxy) is 2. The largest absolute Gasteiger partial charge is 0.502 e. The fraction of sp³-hybridized carbons (Fsp3) is 0.229. The lowest BCUT2D eigenvalue weighted by molar-refractivity contribution is -0.138. The number of nitrogens with one attached hydrogen (secondary N) is 1. The monoisotopic (exact) mass is 800 g/mol. The minimum Gasteiger partial charge on any atom is -0.502 e. The summed E-state index contributed by atoms with van der Waals surface area (Å²) in [7, 11) is 2.85. The molecule has 6 atom stereocenters. The predicted octanol–water partition coefficient (Wildman–Crippen LogP) is 7.72. The lowest BCUT2D eigenvalue weighted by atomic mass is 9.49. The Morgan fingerprint density at radius 1 is 0.800 bits per heavy atom. The zero-order valence-electron chi connectivity index (χ0n) is 33.0. The number of hydrogen-bond donors (Lipinski definition) is 2. The van der Waals surface area contributed by atoms with Gasteiger partial charge >= 0.3 is 0 Å². The standard InChI is InChI=1S/C48H40N4O8/c1-26-13-17-30(18-14-26)50-52-45(55)35-25-34-32(41(28-23-38(58-2)42(53)39(24-28)59-3)48(35,47(52)57)29-9-5-4-6-10-29)21-22-33-40(34)46(56)51(44(33)54)31-19-15-27(16-20-31)43-49-36-11-7-8-12-37(36)60-43/h4-21,23-24,33-35,40-41,50,53H,22,25H2,1-3H3. The van der Waals surface area contributed by atoms with E-state index in [4.69, 9.17) is 13.9 Å². The van der Waals surface area contributed by atoms with E-state index in [1.54, 1.807) is 36.4 Å². The highest BCUT2D eigenvalue weighted by molar-refractivity contribution is 6.22. The summed E-state index contributed by atoms with van der Waals surface area (Å²) in [4.78, 5) is 65.7. The number of benzene rings is 5. The van der Waals surface area contributed by atoms with E-state index < -0.39 is 46.8 Å². The first kappa shape index (κ1) is 37.1. The van der Waals surface area contributed by atoms with Gasteiger partial charge in [0.1, 0.15) is 5.52 Å². The number of aromatic hydroxyl groups is 1. The molecule has 2 aliphatic carbocycles. The Balaban J connectivity index is 1.10. The van der Waals surface area contributed by atoms with Crippen molar-refractivity contribution in [3.63, 3.8) is 0 Å². The second-order valence-corrected chi connectivity index (χ2v) is 15.9. The number of anilines is 2. The number of fused-ring (bicyclic) bond motifs is 5. The number of para-hydroxylation sites is 2. The highest BCUT2D eigenvalue weighted by atomic mass is 16.5. The first-order valence-corrected chi connectivity index (χ1v) is 19.9. The van der Waals surface area contributed by atoms with Crippen molar-refractivity contribution in [2.24, 2.45) is 23.7 Å². The van der Waals surface area contributed by atoms with E-state index in [1.807, 2.05) is 91.9 Å². The molecule has 0 radical (unpaired) electrons. The SMILES string of the molecule is COc1cc(C2C3=CCC4C(=O)N(c5ccc(-c6nc7ccccc7o6)cc5)C(=O)C4C3CC3C(=O)N(Nc4ccc(C)cc4)C(=O)C32c2ccccc2)cc(OC)c1O. The number of phenolic OH excluding ortho intramolecular Hbond substituents is 1. The van der Waals surface area contributed by atoms with Crippen molar-refractivity contribution in [1.29, 1.82) is 0 Å². The molecule has 300 valence electrons. The maximum absolute atomic E-state index is 15.5. The molecule has 4 amide bonds. The van der Waals surface area contributed by atoms with Gasteiger partial charge in [-0.05, 0) is 97.5 Å². The molecule has 1 aromatic heterocycles. The summed E-state index contributed by atoms with van der Waals surface area (Å²) < 4.78 is 17.2. The van der Waals surface area contributed by atoms with Gasteiger partial charge in [-0.25, -0.2) is 4.98 Å². The van der Waals surface area contributed by atoms with E-state index in [2.05, 4.69) is 10.4 Å². The predicted molar refractivity (Wildman–Crippen MR) is 222 cm³/mol. The van der Waals surface area contributed by atoms with Gasteiger partial charge in [0.05, 0.1) is 48.8 Å². The number of hydrazine groups is 1. The average molecular weight is 801 g/mol. The van der Waals surface area contributed by atoms with Crippen LogP contribution in [0.5, 0.6) is 17.2 Å². The van der Waals surface area contributed by atoms with Gasteiger partial charge in [0, 0.05) is 11.5 Å². The summed E-state index contributed by atoms with van der Waals surface area (Å²) >= 11 is 0. The van der Waals surface area contributed by atoms with E-state index in [1.165, 1.54) is 19.1 Å². The summed E-state index contributed by atoms with van der Waals surface area (Å²) in [5, 5.41) is 12.2. The minimum atomic E-state index is -1.51. The highest BCUT2D eigenvalue weighted by Crippen LogP contribution is 2.65. The van der Waals surface area contributed by atoms with Crippen LogP contribution in [-0.2, 0) is 24.6 Å². The Labute approximate surface area is 345 Å². The molecular weight excluding hydrogens is 761 g/mol. The molecule has 3 heterocycles. The molecule has 12 heteroatoms. The molecule has 0 bridgehead atoms. The van der Waals surface area contributed by atoms with E-state index in [0.29, 0.717) is 39.5 Å². The van der Waals surface area contributed by atoms with Gasteiger partial charge in [-0.1, -0.05) is 71.8 Å². The Hall–Kier alpha value is -7.21. The second-order valence-electron chi connectivity index (χ2n) is 15.9. The number of imide groups is 2. The van der Waals surface area contributed by atoms with E-state index >= 15 is 9.59 Å². The van der Waals surface area contributed by atoms with Gasteiger partial charge in [0.15, 0.2) is 17.1 Å². The number of methoxy groups -OCH3 is 2. The summed E-state index contributed by atoms with van der Waals surface area (Å²) in [5.74, 6) is -5.07. The van der Waals surface area contributed by atoms with Gasteiger partial charge in [-0.3, -0.25) is 29.5 Å². The number of rotatable bonds is 8. The first-order chi connectivity index (χ1) is 29.1. The van der Waals surface area contributed by atoms with Crippen LogP contribution in [0, 0.1) is 30.6 Å². The number of carbonyl (C=O) groups is 4. The summed E-state index contributed by atoms with van der Waals surface area (Å²) in [6, 6.07) is 34.5. The van der Waals surface area contributed by atoms with Crippen molar-refractivity contribution >= 4 is 46.1 Å². The van der Waals surface area contributed by atoms with Crippen LogP contribution in [0.15, 0.2) is 131 Å². The molecule has 5 aromatic carbocycles. The van der Waals surface area contributed by atoms with E-state index in [9.17, 15) is 14.7 Å². The third-order valence-electron chi connectivity index (χ3n) is 12.9. The third-order valence-corrected chi connectivity index (χ3v) is 12.9. The number of oxazole rings is 1. The zero-order valence-corrected chi connectivity index (χ0v) is 33.0. The molecular formula is C48H40N4O8. The van der Waals surface area contributed by atoms with Crippen molar-refractivity contribution in [2.45, 2.75) is 31.1 Å². The Bertz CT molecular complexity index is 2700. The Morgan fingerprint density at radius 3 is 2.17 bits per heavy atom. The fourth-order valence-corrected chi connectivity index (χ4v) is 10.2. The van der Waals surface area contributed by atoms with Crippen molar-refractivity contribution < 1.29 is 38.2 Å². The number of aryl methyl sites for hydroxylation is 1. The van der Waals surface area contributed by atoms with Crippen LogP contribution in [-0.4, -0.2) is 52.9 Å². The molecule has 0 spiro atoms. The van der Waals surface area contributed by atoms with Gasteiger partial charge in [0.25, 0.3) is 11.8 Å². The molecule has 2 saturated heterocycles. The topological polar surface area (TPSA) is 152 Å². The van der Waals surface area contributed by atoms with Crippen LogP contribution in [0.3, 0.4) is 0 Å². The van der Waals surface area contributed by atoms with Crippen LogP contribution in [0.2, 0.25) is 0 Å². The number of allylic oxidation sites excluding steroid dienone is 2. The molecule has 2 N–H and O–H groups in total. The van der Waals surface area contributed by atoms with E-state index in [-0.39, 0.29) is 41.9 Å². The van der Waals surface area contributed by atoms with Gasteiger partial charge in [-0.15, -0.1) is 0 Å². The molecule has 10 rings (SSSR count). The van der Waals surface area contributed by atoms with Crippen LogP contribution in [0.1, 0.15) is 35.4 Å². The maximum Gasteiger partial charge on any atom is 0.260 e. The van der Waals surface area contributed by atoms with Crippen molar-refractivity contribution in [3.05, 3.63) is 144 Å². The number of phenols is 1. The number of carbonyl (C=O) groups excluding carboxylic acids is 4. The Morgan fingerprint density at radius 2 is 1.48 bits per heavy atom. The maximum atomic E-state index is 15.5. The van der Waals surface area contributed by atoms with Gasteiger partial charge < -0.3 is 19.0 Å². The highest BCUT2D eigenvalue weighted by Gasteiger charge is 2.70. The zero-order chi connectivity index (χ0) is 41.4. The fourth-order valence-electron chi connectivity index (χ4n) is 10.2. The van der Waals surface area contributed by atoms with Crippen LogP contribution < -0.4 is 19.8 Å². The van der Waals surface area contributed by atoms with Crippen molar-refractivity contribution in [3.8, 4) is 28.7 Å². The molecule has 2 aliphatic heterocycles. The summed E-state index contributed by atoms with van der Waals surface area (Å²) in [6.45, 7) is 1.95. The first-order valence-electron chi connectivity index (χ1n) is 19.9. The molecule has 6 unspecified atom stereocenters. The number of hydrogen-bond acceptors (Lipinski definition) is 10. The molecule has 4 aliphatic rings. The van der Waals surface area contributed by atoms with Crippen molar-refractivity contribution in [1.82, 2.24) is 9.99 Å². The molecule has 3 fully saturated rings. The third kappa shape index (κ3) is 5.39. The van der Waals surface area contributed by atoms with Gasteiger partial charge in [0.2, 0.25) is 23.5 Å².